The van der Waals surface area contributed by atoms with E-state index in [1.54, 1.807) is 0 Å². The number of likely N-dealkylation sites (tertiary alicyclic amines) is 1. The molecule has 2 fully saturated rings. The van der Waals surface area contributed by atoms with Gasteiger partial charge in [0.25, 0.3) is 0 Å². The van der Waals surface area contributed by atoms with Crippen LogP contribution in [0, 0.1) is 0 Å². The maximum atomic E-state index is 12.0. The summed E-state index contributed by atoms with van der Waals surface area (Å²) in [4.78, 5) is 74.8. The van der Waals surface area contributed by atoms with E-state index in [1.165, 1.54) is 0 Å². The van der Waals surface area contributed by atoms with Crippen LogP contribution in [0.4, 0.5) is 0 Å². The lowest BCUT2D eigenvalue weighted by Gasteiger charge is -2.52. The van der Waals surface area contributed by atoms with Gasteiger partial charge in [-0.1, -0.05) is 0 Å². The Labute approximate surface area is 141 Å². The van der Waals surface area contributed by atoms with Gasteiger partial charge in [0.15, 0.2) is 5.66 Å². The molecular weight excluding hydrogens is 428 g/mol. The van der Waals surface area contributed by atoms with Crippen LogP contribution >= 0.6 is 30.5 Å². The summed E-state index contributed by atoms with van der Waals surface area (Å²) in [6, 6.07) is 0. The molecule has 2 aliphatic rings. The van der Waals surface area contributed by atoms with Gasteiger partial charge in [0.1, 0.15) is 0 Å². The van der Waals surface area contributed by atoms with E-state index in [1.807, 2.05) is 0 Å². The van der Waals surface area contributed by atoms with Crippen LogP contribution in [0.1, 0.15) is 6.42 Å². The molecule has 3 unspecified atom stereocenters. The molecule has 14 nitrogen and oxygen atoms in total. The van der Waals surface area contributed by atoms with E-state index < -0.39 is 64.6 Å². The Balaban J connectivity index is 2.52. The van der Waals surface area contributed by atoms with E-state index in [2.05, 4.69) is 5.32 Å². The maximum Gasteiger partial charge on any atom is 0.528 e. The Bertz CT molecular complexity index is 763. The third-order valence-electron chi connectivity index (χ3n) is 4.78. The van der Waals surface area contributed by atoms with Gasteiger partial charge < -0.3 is 29.4 Å². The molecule has 2 rings (SSSR count). The Kier molecular flexibility index (Phi) is 5.03. The Morgan fingerprint density at radius 3 is 1.68 bits per heavy atom. The highest BCUT2D eigenvalue weighted by molar-refractivity contribution is 7.58. The van der Waals surface area contributed by atoms with Gasteiger partial charge in [0, 0.05) is 0 Å². The molecule has 0 aliphatic carbocycles. The Hall–Kier alpha value is 0.520. The summed E-state index contributed by atoms with van der Waals surface area (Å²) in [7, 11) is -20.2. The van der Waals surface area contributed by atoms with E-state index >= 15 is 0 Å². The molecule has 9 N–H and O–H groups in total. The van der Waals surface area contributed by atoms with Crippen molar-refractivity contribution in [2.24, 2.45) is 0 Å². The van der Waals surface area contributed by atoms with E-state index in [9.17, 15) is 37.8 Å². The fourth-order valence-corrected chi connectivity index (χ4v) is 9.24. The third-order valence-corrected chi connectivity index (χ3v) is 10.1. The minimum Gasteiger partial charge on any atom is -0.324 e. The average molecular weight is 447 g/mol. The molecule has 2 aliphatic heterocycles. The van der Waals surface area contributed by atoms with E-state index in [-0.39, 0.29) is 13.0 Å². The molecule has 3 atom stereocenters. The standard InChI is InChI=1S/C7H18N2O12P4/c10-22(11,12)4-3-9(25(19,20)21)2-1-6(9)7(8-6,24(16,17)18)5-23(13,14)15/h8H,1-5H2,(H7-,10,11,12,13,14,15,16,17,18,19,20,21)/p+1. The second kappa shape index (κ2) is 5.76. The second-order valence-corrected chi connectivity index (χ2v) is 13.3. The van der Waals surface area contributed by atoms with E-state index in [0.717, 1.165) is 0 Å². The predicted molar refractivity (Wildman–Crippen MR) is 81.1 cm³/mol. The summed E-state index contributed by atoms with van der Waals surface area (Å²) in [6.07, 6.45) is -2.60. The summed E-state index contributed by atoms with van der Waals surface area (Å²) in [6.45, 7) is -1.20. The minimum atomic E-state index is -5.31. The van der Waals surface area contributed by atoms with E-state index in [4.69, 9.17) is 19.6 Å². The topological polar surface area (TPSA) is 252 Å². The fraction of sp³-hybridized carbons (Fsp3) is 1.00. The highest BCUT2D eigenvalue weighted by Crippen LogP contribution is 2.78. The number of rotatable bonds is 7. The van der Waals surface area contributed by atoms with Gasteiger partial charge in [-0.05, 0) is 0 Å². The maximum absolute atomic E-state index is 12.0. The molecule has 0 aromatic rings. The summed E-state index contributed by atoms with van der Waals surface area (Å²) >= 11 is 0. The molecule has 0 amide bonds. The molecular formula is C7H19N2O12P4+. The van der Waals surface area contributed by atoms with Crippen molar-refractivity contribution in [1.82, 2.24) is 5.32 Å². The van der Waals surface area contributed by atoms with Gasteiger partial charge in [-0.25, -0.2) is 14.1 Å². The van der Waals surface area contributed by atoms with Crippen molar-refractivity contribution >= 4 is 30.5 Å². The molecule has 2 saturated heterocycles. The smallest absolute Gasteiger partial charge is 0.324 e. The molecule has 0 radical (unpaired) electrons. The third kappa shape index (κ3) is 3.40. The summed E-state index contributed by atoms with van der Waals surface area (Å²) < 4.78 is 44.9. The molecule has 148 valence electrons. The SMILES string of the molecule is O=P(O)(O)CC[N+]1(P(=O)(O)O)CCC12NC2(CP(=O)(O)O)P(=O)(O)O. The molecule has 0 bridgehead atoms. The number of hydrogen-bond acceptors (Lipinski definition) is 5. The van der Waals surface area contributed by atoms with E-state index in [0.29, 0.717) is 0 Å². The van der Waals surface area contributed by atoms with Crippen LogP contribution in [0.2, 0.25) is 0 Å². The first kappa shape index (κ1) is 21.8. The van der Waals surface area contributed by atoms with Crippen molar-refractivity contribution in [3.63, 3.8) is 0 Å². The number of quaternary nitrogens is 1. The van der Waals surface area contributed by atoms with Crippen LogP contribution in [-0.4, -0.2) is 79.8 Å². The predicted octanol–water partition coefficient (Wildman–Crippen LogP) is -2.17. The summed E-state index contributed by atoms with van der Waals surface area (Å²) in [5.41, 5.74) is -2.08. The molecule has 0 aromatic carbocycles. The van der Waals surface area contributed by atoms with Crippen LogP contribution in [0.15, 0.2) is 0 Å². The first-order chi connectivity index (χ1) is 10.8. The van der Waals surface area contributed by atoms with Crippen molar-refractivity contribution in [3.05, 3.63) is 0 Å². The van der Waals surface area contributed by atoms with Gasteiger partial charge in [-0.15, -0.1) is 0 Å². The Morgan fingerprint density at radius 1 is 0.880 bits per heavy atom. The molecule has 2 heterocycles. The molecule has 0 saturated carbocycles. The van der Waals surface area contributed by atoms with Crippen molar-refractivity contribution in [2.45, 2.75) is 17.4 Å². The lowest BCUT2D eigenvalue weighted by Crippen LogP contribution is -2.69. The zero-order chi connectivity index (χ0) is 19.7. The first-order valence-electron chi connectivity index (χ1n) is 6.70. The van der Waals surface area contributed by atoms with Gasteiger partial charge >= 0.3 is 30.5 Å². The van der Waals surface area contributed by atoms with Crippen LogP contribution in [0.25, 0.3) is 0 Å². The largest absolute Gasteiger partial charge is 0.528 e. The van der Waals surface area contributed by atoms with Crippen LogP contribution in [-0.2, 0) is 18.3 Å². The lowest BCUT2D eigenvalue weighted by molar-refractivity contribution is -0.906. The number of nitrogens with one attached hydrogen (secondary N) is 1. The van der Waals surface area contributed by atoms with Gasteiger partial charge in [-0.3, -0.25) is 23.5 Å². The highest BCUT2D eigenvalue weighted by Gasteiger charge is 2.93. The summed E-state index contributed by atoms with van der Waals surface area (Å²) in [5.74, 6) is 0. The Morgan fingerprint density at radius 2 is 1.40 bits per heavy atom. The molecule has 25 heavy (non-hydrogen) atoms. The minimum absolute atomic E-state index is 0.246. The number of nitrogens with zero attached hydrogens (tertiary/aromatic N) is 1. The zero-order valence-corrected chi connectivity index (χ0v) is 16.1. The quantitative estimate of drug-likeness (QED) is 0.149. The zero-order valence-electron chi connectivity index (χ0n) is 12.5. The summed E-state index contributed by atoms with van der Waals surface area (Å²) in [5, 5.41) is -0.393. The fourth-order valence-electron chi connectivity index (χ4n) is 3.58. The van der Waals surface area contributed by atoms with Crippen molar-refractivity contribution in [3.8, 4) is 0 Å². The molecule has 1 spiro atoms. The van der Waals surface area contributed by atoms with Gasteiger partial charge in [-0.2, -0.15) is 0 Å². The molecule has 0 aromatic heterocycles. The van der Waals surface area contributed by atoms with Gasteiger partial charge in [0.05, 0.1) is 31.8 Å². The van der Waals surface area contributed by atoms with Crippen molar-refractivity contribution in [1.29, 1.82) is 0 Å². The number of hydrogen-bond donors (Lipinski definition) is 9. The lowest BCUT2D eigenvalue weighted by atomic mass is 9.99. The van der Waals surface area contributed by atoms with Crippen LogP contribution < -0.4 is 5.32 Å². The van der Waals surface area contributed by atoms with Crippen molar-refractivity contribution < 1.29 is 61.7 Å². The molecule has 18 heteroatoms. The van der Waals surface area contributed by atoms with Crippen LogP contribution in [0.5, 0.6) is 0 Å². The average Bonchev–Trinajstić information content (AvgIpc) is 2.94. The first-order valence-corrected chi connectivity index (χ1v) is 13.5. The second-order valence-electron chi connectivity index (χ2n) is 6.23. The monoisotopic (exact) mass is 447 g/mol. The highest BCUT2D eigenvalue weighted by atomic mass is 31.2. The normalized spacial score (nSPS) is 36.3. The van der Waals surface area contributed by atoms with Crippen LogP contribution in [0.3, 0.4) is 0 Å². The van der Waals surface area contributed by atoms with Crippen molar-refractivity contribution in [2.75, 3.05) is 25.4 Å². The van der Waals surface area contributed by atoms with Gasteiger partial charge in [0.2, 0.25) is 5.28 Å².